The van der Waals surface area contributed by atoms with Gasteiger partial charge in [-0.05, 0) is 30.2 Å². The lowest BCUT2D eigenvalue weighted by Gasteiger charge is -2.31. The standard InChI is InChI=1S/C18H21N3O6S/c1-2-3-10-8-28-16(21-13(10)17(24)25)14(18(26)27)20-15(23)12(19)9-4-6-11(22)7-5-9/h2-7,12,14,16,21-22H,8,19H2,1H3,(H,20,23)(H,24,25)(H,26,27)/b3-2-/t12-,14+,16-/m1/s1. The zero-order valence-corrected chi connectivity index (χ0v) is 15.8. The lowest BCUT2D eigenvalue weighted by Crippen LogP contribution is -2.56. The Balaban J connectivity index is 2.17. The van der Waals surface area contributed by atoms with Crippen molar-refractivity contribution >= 4 is 29.6 Å². The third-order valence-electron chi connectivity index (χ3n) is 4.01. The Kier molecular flexibility index (Phi) is 7.07. The van der Waals surface area contributed by atoms with E-state index in [4.69, 9.17) is 5.73 Å². The van der Waals surface area contributed by atoms with Crippen molar-refractivity contribution < 1.29 is 29.7 Å². The maximum atomic E-state index is 12.4. The molecule has 0 unspecified atom stereocenters. The van der Waals surface area contributed by atoms with Gasteiger partial charge in [-0.1, -0.05) is 24.3 Å². The summed E-state index contributed by atoms with van der Waals surface area (Å²) >= 11 is 1.17. The second-order valence-corrected chi connectivity index (χ2v) is 7.10. The van der Waals surface area contributed by atoms with Gasteiger partial charge >= 0.3 is 11.9 Å². The number of benzene rings is 1. The highest BCUT2D eigenvalue weighted by atomic mass is 32.2. The molecular formula is C18H21N3O6S. The van der Waals surface area contributed by atoms with Crippen molar-refractivity contribution in [2.45, 2.75) is 24.4 Å². The summed E-state index contributed by atoms with van der Waals surface area (Å²) in [6.07, 6.45) is 3.32. The molecular weight excluding hydrogens is 386 g/mol. The average molecular weight is 407 g/mol. The third kappa shape index (κ3) is 5.05. The van der Waals surface area contributed by atoms with Gasteiger partial charge in [0.2, 0.25) is 5.91 Å². The van der Waals surface area contributed by atoms with E-state index in [9.17, 15) is 29.7 Å². The zero-order valence-electron chi connectivity index (χ0n) is 15.0. The van der Waals surface area contributed by atoms with E-state index in [0.29, 0.717) is 11.1 Å². The number of hydrogen-bond acceptors (Lipinski definition) is 7. The number of nitrogens with two attached hydrogens (primary N) is 1. The van der Waals surface area contributed by atoms with Crippen LogP contribution in [0.3, 0.4) is 0 Å². The minimum absolute atomic E-state index is 0.00694. The molecule has 0 aliphatic carbocycles. The van der Waals surface area contributed by atoms with Crippen LogP contribution >= 0.6 is 11.8 Å². The summed E-state index contributed by atoms with van der Waals surface area (Å²) in [7, 11) is 0. The van der Waals surface area contributed by atoms with Gasteiger partial charge in [0.15, 0.2) is 6.04 Å². The number of allylic oxidation sites excluding steroid dienone is 2. The summed E-state index contributed by atoms with van der Waals surface area (Å²) in [6, 6.07) is 3.09. The first-order chi connectivity index (χ1) is 13.2. The topological polar surface area (TPSA) is 162 Å². The normalized spacial score (nSPS) is 19.0. The summed E-state index contributed by atoms with van der Waals surface area (Å²) in [5.74, 6) is -2.99. The number of amides is 1. The molecule has 1 aliphatic heterocycles. The molecule has 0 aromatic heterocycles. The first-order valence-corrected chi connectivity index (χ1v) is 9.34. The second kappa shape index (κ2) is 9.29. The summed E-state index contributed by atoms with van der Waals surface area (Å²) < 4.78 is 0. The van der Waals surface area contributed by atoms with Crippen molar-refractivity contribution in [1.82, 2.24) is 10.6 Å². The second-order valence-electron chi connectivity index (χ2n) is 5.98. The maximum Gasteiger partial charge on any atom is 0.352 e. The molecule has 0 saturated heterocycles. The molecule has 28 heavy (non-hydrogen) atoms. The van der Waals surface area contributed by atoms with E-state index >= 15 is 0 Å². The highest BCUT2D eigenvalue weighted by Gasteiger charge is 2.36. The summed E-state index contributed by atoms with van der Waals surface area (Å²) in [5, 5.41) is 32.4. The Morgan fingerprint density at radius 2 is 1.93 bits per heavy atom. The van der Waals surface area contributed by atoms with Crippen LogP contribution in [0.4, 0.5) is 0 Å². The van der Waals surface area contributed by atoms with Gasteiger partial charge in [0.25, 0.3) is 0 Å². The van der Waals surface area contributed by atoms with Gasteiger partial charge in [-0.3, -0.25) is 4.79 Å². The smallest absolute Gasteiger partial charge is 0.352 e. The van der Waals surface area contributed by atoms with Crippen LogP contribution < -0.4 is 16.4 Å². The highest BCUT2D eigenvalue weighted by molar-refractivity contribution is 8.00. The monoisotopic (exact) mass is 407 g/mol. The Bertz CT molecular complexity index is 821. The predicted molar refractivity (Wildman–Crippen MR) is 103 cm³/mol. The van der Waals surface area contributed by atoms with E-state index in [1.807, 2.05) is 0 Å². The molecule has 10 heteroatoms. The lowest BCUT2D eigenvalue weighted by atomic mass is 10.1. The number of carbonyl (C=O) groups excluding carboxylic acids is 1. The van der Waals surface area contributed by atoms with Crippen LogP contribution in [0.1, 0.15) is 18.5 Å². The highest BCUT2D eigenvalue weighted by Crippen LogP contribution is 2.26. The predicted octanol–water partition coefficient (Wildman–Crippen LogP) is 0.539. The largest absolute Gasteiger partial charge is 0.508 e. The minimum Gasteiger partial charge on any atom is -0.508 e. The van der Waals surface area contributed by atoms with Crippen molar-refractivity contribution in [2.75, 3.05) is 5.75 Å². The van der Waals surface area contributed by atoms with Crippen LogP contribution in [0, 0.1) is 0 Å². The van der Waals surface area contributed by atoms with E-state index in [2.05, 4.69) is 10.6 Å². The van der Waals surface area contributed by atoms with Crippen molar-refractivity contribution in [2.24, 2.45) is 5.73 Å². The van der Waals surface area contributed by atoms with Gasteiger partial charge in [0.1, 0.15) is 22.9 Å². The zero-order chi connectivity index (χ0) is 20.8. The molecule has 0 fully saturated rings. The molecule has 0 spiro atoms. The van der Waals surface area contributed by atoms with Crippen LogP contribution in [0.2, 0.25) is 0 Å². The van der Waals surface area contributed by atoms with E-state index in [-0.39, 0.29) is 17.2 Å². The fourth-order valence-corrected chi connectivity index (χ4v) is 3.76. The molecule has 150 valence electrons. The van der Waals surface area contributed by atoms with Gasteiger partial charge in [-0.15, -0.1) is 11.8 Å². The van der Waals surface area contributed by atoms with E-state index in [1.54, 1.807) is 19.1 Å². The quantitative estimate of drug-likeness (QED) is 0.379. The number of aliphatic carboxylic acids is 2. The summed E-state index contributed by atoms with van der Waals surface area (Å²) in [5.41, 5.74) is 6.69. The van der Waals surface area contributed by atoms with Gasteiger partial charge in [0, 0.05) is 5.75 Å². The Morgan fingerprint density at radius 3 is 2.46 bits per heavy atom. The van der Waals surface area contributed by atoms with Crippen LogP contribution in [-0.2, 0) is 14.4 Å². The molecule has 0 saturated carbocycles. The van der Waals surface area contributed by atoms with Crippen molar-refractivity contribution in [3.8, 4) is 5.75 Å². The van der Waals surface area contributed by atoms with Crippen molar-refractivity contribution in [3.05, 3.63) is 53.3 Å². The average Bonchev–Trinajstić information content (AvgIpc) is 2.66. The fraction of sp³-hybridized carbons (Fsp3) is 0.278. The lowest BCUT2D eigenvalue weighted by molar-refractivity contribution is -0.142. The number of carboxylic acids is 2. The third-order valence-corrected chi connectivity index (χ3v) is 5.24. The van der Waals surface area contributed by atoms with Gasteiger partial charge in [-0.25, -0.2) is 9.59 Å². The van der Waals surface area contributed by atoms with Crippen LogP contribution in [0.25, 0.3) is 0 Å². The number of thioether (sulfide) groups is 1. The number of aromatic hydroxyl groups is 1. The molecule has 1 aromatic carbocycles. The van der Waals surface area contributed by atoms with Crippen molar-refractivity contribution in [1.29, 1.82) is 0 Å². The molecule has 1 aliphatic rings. The molecule has 0 radical (unpaired) electrons. The molecule has 9 nitrogen and oxygen atoms in total. The molecule has 7 N–H and O–H groups in total. The molecule has 0 bridgehead atoms. The number of nitrogens with one attached hydrogen (secondary N) is 2. The number of phenolic OH excluding ortho intramolecular Hbond substituents is 1. The van der Waals surface area contributed by atoms with Crippen LogP contribution in [0.5, 0.6) is 5.75 Å². The van der Waals surface area contributed by atoms with Gasteiger partial charge in [-0.2, -0.15) is 0 Å². The Hall–Kier alpha value is -2.98. The molecule has 1 amide bonds. The summed E-state index contributed by atoms with van der Waals surface area (Å²) in [4.78, 5) is 35.6. The fourth-order valence-electron chi connectivity index (χ4n) is 2.58. The maximum absolute atomic E-state index is 12.4. The van der Waals surface area contributed by atoms with Gasteiger partial charge in [0.05, 0.1) is 0 Å². The van der Waals surface area contributed by atoms with Crippen molar-refractivity contribution in [3.63, 3.8) is 0 Å². The first-order valence-electron chi connectivity index (χ1n) is 8.29. The van der Waals surface area contributed by atoms with E-state index in [1.165, 1.54) is 36.0 Å². The number of phenols is 1. The molecule has 1 aromatic rings. The number of rotatable bonds is 7. The minimum atomic E-state index is -1.40. The summed E-state index contributed by atoms with van der Waals surface area (Å²) in [6.45, 7) is 1.74. The van der Waals surface area contributed by atoms with E-state index < -0.39 is 35.3 Å². The SMILES string of the molecule is C/C=C\C1=C(C(=O)O)N[C@@H]([C@H](NC(=O)[C@H](N)c2ccc(O)cc2)C(=O)O)SC1. The Morgan fingerprint density at radius 1 is 1.29 bits per heavy atom. The number of carboxylic acid groups (broad SMARTS) is 2. The molecule has 2 rings (SSSR count). The van der Waals surface area contributed by atoms with Gasteiger partial charge < -0.3 is 31.7 Å². The van der Waals surface area contributed by atoms with Crippen LogP contribution in [0.15, 0.2) is 47.7 Å². The van der Waals surface area contributed by atoms with E-state index in [0.717, 1.165) is 0 Å². The van der Waals surface area contributed by atoms with Crippen LogP contribution in [-0.4, -0.2) is 50.3 Å². The number of carbonyl (C=O) groups is 3. The molecule has 3 atom stereocenters. The Labute approximate surface area is 165 Å². The molecule has 1 heterocycles. The first kappa shape index (κ1) is 21.3. The number of hydrogen-bond donors (Lipinski definition) is 6.